The first-order valence-electron chi connectivity index (χ1n) is 10.4. The summed E-state index contributed by atoms with van der Waals surface area (Å²) in [6.07, 6.45) is 0.360. The van der Waals surface area contributed by atoms with E-state index in [0.29, 0.717) is 46.1 Å². The summed E-state index contributed by atoms with van der Waals surface area (Å²) in [5, 5.41) is 10.2. The minimum atomic E-state index is -0.336. The van der Waals surface area contributed by atoms with Gasteiger partial charge in [-0.1, -0.05) is 0 Å². The van der Waals surface area contributed by atoms with Gasteiger partial charge >= 0.3 is 0 Å². The van der Waals surface area contributed by atoms with Crippen LogP contribution in [0.25, 0.3) is 10.9 Å². The van der Waals surface area contributed by atoms with Crippen molar-refractivity contribution in [1.29, 1.82) is 0 Å². The second-order valence-corrected chi connectivity index (χ2v) is 7.29. The molecule has 0 aliphatic rings. The smallest absolute Gasteiger partial charge is 0.254 e. The van der Waals surface area contributed by atoms with Gasteiger partial charge < -0.3 is 33.9 Å². The Hall–Kier alpha value is -3.72. The fraction of sp³-hybridized carbons (Fsp3) is 0.333. The zero-order valence-corrected chi connectivity index (χ0v) is 19.1. The summed E-state index contributed by atoms with van der Waals surface area (Å²) in [5.41, 5.74) is 1.07. The number of rotatable bonds is 10. The quantitative estimate of drug-likeness (QED) is 0.482. The van der Waals surface area contributed by atoms with Crippen LogP contribution in [-0.4, -0.2) is 62.5 Å². The molecule has 33 heavy (non-hydrogen) atoms. The van der Waals surface area contributed by atoms with Crippen LogP contribution in [0.2, 0.25) is 0 Å². The maximum Gasteiger partial charge on any atom is 0.254 e. The number of H-pyrrole nitrogens is 1. The molecule has 0 saturated carbocycles. The molecule has 0 bridgehead atoms. The lowest BCUT2D eigenvalue weighted by atomic mass is 10.1. The zero-order chi connectivity index (χ0) is 24.0. The first-order valence-corrected chi connectivity index (χ1v) is 10.4. The SMILES string of the molecule is COc1ccc2cc(CN(CCCO)C(=O)c3cc(OC)c(OC)c(OC)c3)c(=O)[nH]c2c1. The lowest BCUT2D eigenvalue weighted by Crippen LogP contribution is -2.34. The maximum absolute atomic E-state index is 13.4. The van der Waals surface area contributed by atoms with Gasteiger partial charge in [0.05, 0.1) is 40.5 Å². The average molecular weight is 456 g/mol. The van der Waals surface area contributed by atoms with E-state index in [4.69, 9.17) is 18.9 Å². The highest BCUT2D eigenvalue weighted by Gasteiger charge is 2.22. The van der Waals surface area contributed by atoms with Crippen LogP contribution < -0.4 is 24.5 Å². The number of aromatic nitrogens is 1. The normalized spacial score (nSPS) is 10.7. The fourth-order valence-electron chi connectivity index (χ4n) is 3.58. The number of aromatic amines is 1. The highest BCUT2D eigenvalue weighted by atomic mass is 16.5. The highest BCUT2D eigenvalue weighted by molar-refractivity contribution is 5.95. The average Bonchev–Trinajstić information content (AvgIpc) is 2.84. The lowest BCUT2D eigenvalue weighted by Gasteiger charge is -2.23. The maximum atomic E-state index is 13.4. The minimum Gasteiger partial charge on any atom is -0.497 e. The monoisotopic (exact) mass is 456 g/mol. The van der Waals surface area contributed by atoms with Gasteiger partial charge in [0.2, 0.25) is 5.75 Å². The molecule has 0 spiro atoms. The molecule has 3 rings (SSSR count). The number of nitrogens with zero attached hydrogens (tertiary/aromatic N) is 1. The predicted molar refractivity (Wildman–Crippen MR) is 124 cm³/mol. The number of fused-ring (bicyclic) bond motifs is 1. The third-order valence-electron chi connectivity index (χ3n) is 5.28. The largest absolute Gasteiger partial charge is 0.497 e. The number of hydrogen-bond donors (Lipinski definition) is 2. The number of hydrogen-bond acceptors (Lipinski definition) is 7. The van der Waals surface area contributed by atoms with Crippen LogP contribution in [0.15, 0.2) is 41.2 Å². The van der Waals surface area contributed by atoms with E-state index in [1.807, 2.05) is 6.07 Å². The van der Waals surface area contributed by atoms with E-state index in [9.17, 15) is 14.7 Å². The van der Waals surface area contributed by atoms with E-state index >= 15 is 0 Å². The molecule has 1 aromatic heterocycles. The molecule has 0 aliphatic heterocycles. The van der Waals surface area contributed by atoms with Crippen molar-refractivity contribution in [2.75, 3.05) is 41.6 Å². The van der Waals surface area contributed by atoms with Crippen LogP contribution >= 0.6 is 0 Å². The molecule has 0 saturated heterocycles. The predicted octanol–water partition coefficient (Wildman–Crippen LogP) is 2.59. The summed E-state index contributed by atoms with van der Waals surface area (Å²) in [4.78, 5) is 30.5. The van der Waals surface area contributed by atoms with Gasteiger partial charge in [-0.15, -0.1) is 0 Å². The van der Waals surface area contributed by atoms with E-state index in [0.717, 1.165) is 5.39 Å². The van der Waals surface area contributed by atoms with Crippen molar-refractivity contribution < 1.29 is 28.8 Å². The van der Waals surface area contributed by atoms with E-state index in [2.05, 4.69) is 4.98 Å². The number of carbonyl (C=O) groups is 1. The standard InChI is InChI=1S/C24H28N2O7/c1-30-18-7-6-15-10-17(23(28)25-19(15)13-18)14-26(8-5-9-27)24(29)16-11-20(31-2)22(33-4)21(12-16)32-3/h6-7,10-13,27H,5,8-9,14H2,1-4H3,(H,25,28). The van der Waals surface area contributed by atoms with Gasteiger partial charge in [-0.25, -0.2) is 0 Å². The number of aliphatic hydroxyl groups is 1. The van der Waals surface area contributed by atoms with Crippen LogP contribution in [-0.2, 0) is 6.54 Å². The minimum absolute atomic E-state index is 0.0623. The van der Waals surface area contributed by atoms with E-state index in [-0.39, 0.29) is 31.2 Å². The van der Waals surface area contributed by atoms with Gasteiger partial charge in [0.15, 0.2) is 11.5 Å². The Morgan fingerprint density at radius 3 is 2.24 bits per heavy atom. The Balaban J connectivity index is 1.98. The van der Waals surface area contributed by atoms with Crippen molar-refractivity contribution in [2.24, 2.45) is 0 Å². The van der Waals surface area contributed by atoms with Gasteiger partial charge in [-0.2, -0.15) is 0 Å². The molecule has 3 aromatic rings. The van der Waals surface area contributed by atoms with Gasteiger partial charge in [-0.05, 0) is 42.1 Å². The molecular weight excluding hydrogens is 428 g/mol. The molecular formula is C24H28N2O7. The number of aliphatic hydroxyl groups excluding tert-OH is 1. The zero-order valence-electron chi connectivity index (χ0n) is 19.1. The van der Waals surface area contributed by atoms with Crippen molar-refractivity contribution >= 4 is 16.8 Å². The van der Waals surface area contributed by atoms with Crippen molar-refractivity contribution in [3.8, 4) is 23.0 Å². The third-order valence-corrected chi connectivity index (χ3v) is 5.28. The molecule has 176 valence electrons. The van der Waals surface area contributed by atoms with Crippen molar-refractivity contribution in [3.63, 3.8) is 0 Å². The number of methoxy groups -OCH3 is 4. The lowest BCUT2D eigenvalue weighted by molar-refractivity contribution is 0.0730. The van der Waals surface area contributed by atoms with Crippen LogP contribution in [0, 0.1) is 0 Å². The topological polar surface area (TPSA) is 110 Å². The summed E-state index contributed by atoms with van der Waals surface area (Å²) in [6.45, 7) is 0.228. The summed E-state index contributed by atoms with van der Waals surface area (Å²) < 4.78 is 21.2. The van der Waals surface area contributed by atoms with Gasteiger partial charge in [0.1, 0.15) is 5.75 Å². The Morgan fingerprint density at radius 2 is 1.67 bits per heavy atom. The van der Waals surface area contributed by atoms with E-state index in [1.165, 1.54) is 26.2 Å². The number of nitrogens with one attached hydrogen (secondary N) is 1. The first kappa shape index (κ1) is 23.9. The second-order valence-electron chi connectivity index (χ2n) is 7.29. The van der Waals surface area contributed by atoms with E-state index < -0.39 is 0 Å². The molecule has 0 fully saturated rings. The number of benzene rings is 2. The number of ether oxygens (including phenoxy) is 4. The fourth-order valence-corrected chi connectivity index (χ4v) is 3.58. The summed E-state index contributed by atoms with van der Waals surface area (Å²) >= 11 is 0. The molecule has 9 nitrogen and oxygen atoms in total. The number of pyridine rings is 1. The van der Waals surface area contributed by atoms with Gasteiger partial charge in [0.25, 0.3) is 11.5 Å². The molecule has 9 heteroatoms. The van der Waals surface area contributed by atoms with Crippen LogP contribution in [0.4, 0.5) is 0 Å². The number of amides is 1. The van der Waals surface area contributed by atoms with Crippen LogP contribution in [0.5, 0.6) is 23.0 Å². The molecule has 0 atom stereocenters. The van der Waals surface area contributed by atoms with Gasteiger partial charge in [0, 0.05) is 30.3 Å². The van der Waals surface area contributed by atoms with Crippen molar-refractivity contribution in [3.05, 3.63) is 57.9 Å². The molecule has 2 aromatic carbocycles. The van der Waals surface area contributed by atoms with Crippen molar-refractivity contribution in [2.45, 2.75) is 13.0 Å². The summed E-state index contributed by atoms with van der Waals surface area (Å²) in [5.74, 6) is 1.37. The van der Waals surface area contributed by atoms with Crippen LogP contribution in [0.3, 0.4) is 0 Å². The van der Waals surface area contributed by atoms with Crippen LogP contribution in [0.1, 0.15) is 22.3 Å². The molecule has 2 N–H and O–H groups in total. The molecule has 1 amide bonds. The molecule has 0 aliphatic carbocycles. The Kier molecular flexibility index (Phi) is 7.78. The Bertz CT molecular complexity index is 1160. The number of carbonyl (C=O) groups excluding carboxylic acids is 1. The Labute approximate surface area is 191 Å². The van der Waals surface area contributed by atoms with Gasteiger partial charge in [-0.3, -0.25) is 9.59 Å². The highest BCUT2D eigenvalue weighted by Crippen LogP contribution is 2.38. The first-order chi connectivity index (χ1) is 15.9. The summed E-state index contributed by atoms with van der Waals surface area (Å²) in [6, 6.07) is 10.3. The molecule has 0 unspecified atom stereocenters. The molecule has 0 radical (unpaired) electrons. The van der Waals surface area contributed by atoms with E-state index in [1.54, 1.807) is 37.4 Å². The summed E-state index contributed by atoms with van der Waals surface area (Å²) in [7, 11) is 5.98. The molecule has 1 heterocycles. The van der Waals surface area contributed by atoms with Crippen molar-refractivity contribution in [1.82, 2.24) is 9.88 Å². The Morgan fingerprint density at radius 1 is 0.970 bits per heavy atom. The third kappa shape index (κ3) is 5.20. The second kappa shape index (κ2) is 10.7.